The van der Waals surface area contributed by atoms with Gasteiger partial charge in [0.15, 0.2) is 5.82 Å². The Bertz CT molecular complexity index is 591. The van der Waals surface area contributed by atoms with Crippen molar-refractivity contribution in [1.29, 1.82) is 0 Å². The summed E-state index contributed by atoms with van der Waals surface area (Å²) in [5, 5.41) is 7.43. The highest BCUT2D eigenvalue weighted by Gasteiger charge is 2.04. The fraction of sp³-hybridized carbons (Fsp3) is 0.680. The SMILES string of the molecule is CCCCCCCCCCCCCCCCCc1nc(-c2ccccc2)n[nH]1. The molecule has 2 rings (SSSR count). The molecule has 3 heteroatoms. The lowest BCUT2D eigenvalue weighted by Gasteiger charge is -2.03. The van der Waals surface area contributed by atoms with Crippen molar-refractivity contribution in [2.24, 2.45) is 0 Å². The summed E-state index contributed by atoms with van der Waals surface area (Å²) >= 11 is 0. The highest BCUT2D eigenvalue weighted by molar-refractivity contribution is 5.53. The molecule has 0 atom stereocenters. The summed E-state index contributed by atoms with van der Waals surface area (Å²) in [7, 11) is 0. The van der Waals surface area contributed by atoms with Gasteiger partial charge in [-0.25, -0.2) is 4.98 Å². The van der Waals surface area contributed by atoms with Gasteiger partial charge < -0.3 is 0 Å². The second-order valence-electron chi connectivity index (χ2n) is 8.17. The summed E-state index contributed by atoms with van der Waals surface area (Å²) in [4.78, 5) is 4.62. The van der Waals surface area contributed by atoms with E-state index in [9.17, 15) is 0 Å². The molecule has 0 fully saturated rings. The third-order valence-corrected chi connectivity index (χ3v) is 5.58. The van der Waals surface area contributed by atoms with Crippen LogP contribution in [0.5, 0.6) is 0 Å². The van der Waals surface area contributed by atoms with Crippen LogP contribution in [0.4, 0.5) is 0 Å². The molecule has 156 valence electrons. The molecule has 0 unspecified atom stereocenters. The van der Waals surface area contributed by atoms with Crippen LogP contribution in [0.15, 0.2) is 30.3 Å². The van der Waals surface area contributed by atoms with Crippen molar-refractivity contribution in [3.8, 4) is 11.4 Å². The van der Waals surface area contributed by atoms with Gasteiger partial charge in [-0.1, -0.05) is 127 Å². The first-order valence-electron chi connectivity index (χ1n) is 11.9. The average molecular weight is 384 g/mol. The lowest BCUT2D eigenvalue weighted by Crippen LogP contribution is -1.89. The summed E-state index contributed by atoms with van der Waals surface area (Å²) in [5.74, 6) is 1.84. The standard InChI is InChI=1S/C25H41N3/c1-2-3-4-5-6-7-8-9-10-11-12-13-14-15-19-22-24-26-25(28-27-24)23-20-17-16-18-21-23/h16-18,20-21H,2-15,19,22H2,1H3,(H,26,27,28). The maximum Gasteiger partial charge on any atom is 0.181 e. The van der Waals surface area contributed by atoms with Crippen LogP contribution in [-0.2, 0) is 6.42 Å². The molecule has 0 radical (unpaired) electrons. The van der Waals surface area contributed by atoms with Crippen molar-refractivity contribution in [1.82, 2.24) is 15.2 Å². The number of benzene rings is 1. The first-order chi connectivity index (χ1) is 13.9. The first-order valence-corrected chi connectivity index (χ1v) is 11.9. The zero-order valence-electron chi connectivity index (χ0n) is 18.1. The second-order valence-corrected chi connectivity index (χ2v) is 8.17. The zero-order valence-corrected chi connectivity index (χ0v) is 18.1. The minimum atomic E-state index is 0.816. The number of aromatic amines is 1. The molecule has 0 spiro atoms. The van der Waals surface area contributed by atoms with Crippen LogP contribution >= 0.6 is 0 Å². The van der Waals surface area contributed by atoms with E-state index in [-0.39, 0.29) is 0 Å². The van der Waals surface area contributed by atoms with Crippen molar-refractivity contribution in [3.63, 3.8) is 0 Å². The number of hydrogen-bond donors (Lipinski definition) is 1. The number of hydrogen-bond acceptors (Lipinski definition) is 2. The summed E-state index contributed by atoms with van der Waals surface area (Å²) in [5.41, 5.74) is 1.08. The van der Waals surface area contributed by atoms with Crippen LogP contribution < -0.4 is 0 Å². The lowest BCUT2D eigenvalue weighted by atomic mass is 10.0. The molecule has 0 saturated carbocycles. The van der Waals surface area contributed by atoms with Crippen molar-refractivity contribution in [2.45, 2.75) is 110 Å². The van der Waals surface area contributed by atoms with E-state index in [1.807, 2.05) is 18.2 Å². The molecule has 0 aliphatic rings. The average Bonchev–Trinajstić information content (AvgIpc) is 3.20. The quantitative estimate of drug-likeness (QED) is 0.282. The number of nitrogens with zero attached hydrogens (tertiary/aromatic N) is 2. The van der Waals surface area contributed by atoms with Gasteiger partial charge >= 0.3 is 0 Å². The van der Waals surface area contributed by atoms with Crippen LogP contribution in [0.25, 0.3) is 11.4 Å². The molecule has 0 bridgehead atoms. The van der Waals surface area contributed by atoms with E-state index in [2.05, 4.69) is 34.2 Å². The number of rotatable bonds is 17. The Morgan fingerprint density at radius 1 is 0.643 bits per heavy atom. The molecule has 2 aromatic rings. The molecule has 1 heterocycles. The van der Waals surface area contributed by atoms with Crippen molar-refractivity contribution < 1.29 is 0 Å². The molecule has 0 aliphatic heterocycles. The van der Waals surface area contributed by atoms with Gasteiger partial charge in [0.2, 0.25) is 0 Å². The van der Waals surface area contributed by atoms with Crippen molar-refractivity contribution >= 4 is 0 Å². The van der Waals surface area contributed by atoms with Crippen LogP contribution in [0.2, 0.25) is 0 Å². The predicted molar refractivity (Wildman–Crippen MR) is 120 cm³/mol. The van der Waals surface area contributed by atoms with E-state index in [0.717, 1.165) is 23.6 Å². The molecule has 3 nitrogen and oxygen atoms in total. The Hall–Kier alpha value is -1.64. The van der Waals surface area contributed by atoms with Gasteiger partial charge in [-0.2, -0.15) is 5.10 Å². The Labute approximate surface area is 172 Å². The normalized spacial score (nSPS) is 11.2. The van der Waals surface area contributed by atoms with Gasteiger partial charge in [-0.05, 0) is 6.42 Å². The van der Waals surface area contributed by atoms with Crippen molar-refractivity contribution in [2.75, 3.05) is 0 Å². The summed E-state index contributed by atoms with van der Waals surface area (Å²) in [6.45, 7) is 2.29. The number of unbranched alkanes of at least 4 members (excludes halogenated alkanes) is 14. The Morgan fingerprint density at radius 3 is 1.68 bits per heavy atom. The van der Waals surface area contributed by atoms with E-state index in [1.54, 1.807) is 0 Å². The van der Waals surface area contributed by atoms with E-state index in [1.165, 1.54) is 96.3 Å². The van der Waals surface area contributed by atoms with E-state index < -0.39 is 0 Å². The smallest absolute Gasteiger partial charge is 0.181 e. The van der Waals surface area contributed by atoms with Gasteiger partial charge in [-0.15, -0.1) is 0 Å². The monoisotopic (exact) mass is 383 g/mol. The predicted octanol–water partition coefficient (Wildman–Crippen LogP) is 7.89. The summed E-state index contributed by atoms with van der Waals surface area (Å²) in [6, 6.07) is 10.2. The molecule has 0 amide bonds. The Morgan fingerprint density at radius 2 is 1.14 bits per heavy atom. The third-order valence-electron chi connectivity index (χ3n) is 5.58. The van der Waals surface area contributed by atoms with Crippen LogP contribution in [0, 0.1) is 0 Å². The maximum absolute atomic E-state index is 4.62. The van der Waals surface area contributed by atoms with Gasteiger partial charge in [0.1, 0.15) is 5.82 Å². The first kappa shape index (κ1) is 22.6. The maximum atomic E-state index is 4.62. The number of nitrogens with one attached hydrogen (secondary N) is 1. The van der Waals surface area contributed by atoms with Crippen molar-refractivity contribution in [3.05, 3.63) is 36.2 Å². The van der Waals surface area contributed by atoms with Crippen LogP contribution in [0.1, 0.15) is 109 Å². The van der Waals surface area contributed by atoms with Crippen LogP contribution in [0.3, 0.4) is 0 Å². The topological polar surface area (TPSA) is 41.6 Å². The Balaban J connectivity index is 1.37. The molecule has 0 saturated heterocycles. The molecule has 1 aromatic carbocycles. The molecular weight excluding hydrogens is 342 g/mol. The van der Waals surface area contributed by atoms with Gasteiger partial charge in [0.05, 0.1) is 0 Å². The molecule has 0 aliphatic carbocycles. The third kappa shape index (κ3) is 10.1. The highest BCUT2D eigenvalue weighted by atomic mass is 15.2. The zero-order chi connectivity index (χ0) is 19.7. The Kier molecular flexibility index (Phi) is 12.4. The largest absolute Gasteiger partial charge is 0.263 e. The van der Waals surface area contributed by atoms with Gasteiger partial charge in [0.25, 0.3) is 0 Å². The molecule has 28 heavy (non-hydrogen) atoms. The van der Waals surface area contributed by atoms with E-state index in [0.29, 0.717) is 0 Å². The van der Waals surface area contributed by atoms with Gasteiger partial charge in [0, 0.05) is 12.0 Å². The number of H-pyrrole nitrogens is 1. The summed E-state index contributed by atoms with van der Waals surface area (Å²) in [6.07, 6.45) is 22.1. The molecular formula is C25H41N3. The fourth-order valence-corrected chi connectivity index (χ4v) is 3.79. The number of aromatic nitrogens is 3. The number of aryl methyl sites for hydroxylation is 1. The van der Waals surface area contributed by atoms with Crippen LogP contribution in [-0.4, -0.2) is 15.2 Å². The minimum absolute atomic E-state index is 0.816. The molecule has 1 aromatic heterocycles. The fourth-order valence-electron chi connectivity index (χ4n) is 3.79. The van der Waals surface area contributed by atoms with Gasteiger partial charge in [-0.3, -0.25) is 5.10 Å². The van der Waals surface area contributed by atoms with E-state index >= 15 is 0 Å². The summed E-state index contributed by atoms with van der Waals surface area (Å²) < 4.78 is 0. The highest BCUT2D eigenvalue weighted by Crippen LogP contribution is 2.16. The molecule has 1 N–H and O–H groups in total. The minimum Gasteiger partial charge on any atom is -0.263 e. The second kappa shape index (κ2) is 15.3. The van der Waals surface area contributed by atoms with E-state index in [4.69, 9.17) is 0 Å². The lowest BCUT2D eigenvalue weighted by molar-refractivity contribution is 0.531.